The van der Waals surface area contributed by atoms with Gasteiger partial charge < -0.3 is 33.8 Å². The molecule has 0 radical (unpaired) electrons. The molecule has 0 heterocycles. The Labute approximate surface area is 645 Å². The zero-order chi connectivity index (χ0) is 77.4. The van der Waals surface area contributed by atoms with Crippen molar-refractivity contribution in [3.63, 3.8) is 0 Å². The van der Waals surface area contributed by atoms with Crippen LogP contribution in [0.15, 0.2) is 0 Å². The van der Waals surface area contributed by atoms with E-state index in [9.17, 15) is 43.2 Å². The third-order valence-electron chi connectivity index (χ3n) is 20.8. The molecule has 0 rings (SSSR count). The van der Waals surface area contributed by atoms with Gasteiger partial charge in [0.25, 0.3) is 0 Å². The SMILES string of the molecule is CCC(C)CCCCCCCCCCCCCCCCCCCCC(=O)OC[C@H](COP(=O)(O)OCC(O)COP(=O)(O)OC[C@@H](COC(=O)CCCCCCCCCC(C)C)OC(=O)CCCCCCCCCCC(C)CC)OC(=O)CCCCCCCCCCCCCCCCCCCCC(C)C. The molecule has 0 aliphatic rings. The van der Waals surface area contributed by atoms with Crippen molar-refractivity contribution in [3.8, 4) is 0 Å². The number of ether oxygens (including phenoxy) is 4. The van der Waals surface area contributed by atoms with Gasteiger partial charge in [0.2, 0.25) is 0 Å². The van der Waals surface area contributed by atoms with Gasteiger partial charge in [-0.2, -0.15) is 0 Å². The summed E-state index contributed by atoms with van der Waals surface area (Å²) in [6.07, 6.45) is 64.1. The van der Waals surface area contributed by atoms with Gasteiger partial charge in [0.1, 0.15) is 19.3 Å². The second-order valence-corrected chi connectivity index (χ2v) is 35.3. The second kappa shape index (κ2) is 74.8. The lowest BCUT2D eigenvalue weighted by atomic mass is 9.99. The molecule has 0 aliphatic heterocycles. The lowest BCUT2D eigenvalue weighted by Gasteiger charge is -2.21. The van der Waals surface area contributed by atoms with E-state index in [1.807, 2.05) is 0 Å². The molecule has 0 aromatic carbocycles. The molecule has 0 spiro atoms. The number of carbonyl (C=O) groups is 4. The normalized spacial score (nSPS) is 14.4. The minimum Gasteiger partial charge on any atom is -0.462 e. The first kappa shape index (κ1) is 103. The van der Waals surface area contributed by atoms with Crippen LogP contribution >= 0.6 is 15.6 Å². The molecule has 0 aromatic heterocycles. The van der Waals surface area contributed by atoms with E-state index in [4.69, 9.17) is 37.0 Å². The van der Waals surface area contributed by atoms with Gasteiger partial charge in [0.15, 0.2) is 12.2 Å². The molecule has 0 aliphatic carbocycles. The largest absolute Gasteiger partial charge is 0.472 e. The van der Waals surface area contributed by atoms with Crippen LogP contribution in [-0.2, 0) is 65.4 Å². The van der Waals surface area contributed by atoms with Crippen molar-refractivity contribution in [1.82, 2.24) is 0 Å². The van der Waals surface area contributed by atoms with Crippen LogP contribution in [-0.4, -0.2) is 96.7 Å². The summed E-state index contributed by atoms with van der Waals surface area (Å²) >= 11 is 0. The van der Waals surface area contributed by atoms with Gasteiger partial charge in [-0.1, -0.05) is 396 Å². The van der Waals surface area contributed by atoms with E-state index in [1.165, 1.54) is 244 Å². The molecule has 5 unspecified atom stereocenters. The maximum absolute atomic E-state index is 13.1. The number of phosphoric acid groups is 2. The van der Waals surface area contributed by atoms with Crippen LogP contribution in [0.3, 0.4) is 0 Å². The Morgan fingerprint density at radius 3 is 0.676 bits per heavy atom. The van der Waals surface area contributed by atoms with Crippen molar-refractivity contribution in [2.45, 2.75) is 465 Å². The summed E-state index contributed by atoms with van der Waals surface area (Å²) in [6, 6.07) is 0. The third kappa shape index (κ3) is 77.2. The number of esters is 4. The summed E-state index contributed by atoms with van der Waals surface area (Å²) < 4.78 is 68.8. The van der Waals surface area contributed by atoms with Gasteiger partial charge in [-0.15, -0.1) is 0 Å². The van der Waals surface area contributed by atoms with E-state index in [1.54, 1.807) is 0 Å². The smallest absolute Gasteiger partial charge is 0.462 e. The predicted molar refractivity (Wildman–Crippen MR) is 432 cm³/mol. The molecule has 7 atom stereocenters. The Kier molecular flexibility index (Phi) is 73.4. The van der Waals surface area contributed by atoms with Gasteiger partial charge in [0.05, 0.1) is 26.4 Å². The highest BCUT2D eigenvalue weighted by atomic mass is 31.2. The maximum atomic E-state index is 13.1. The van der Waals surface area contributed by atoms with E-state index < -0.39 is 97.5 Å². The van der Waals surface area contributed by atoms with Crippen LogP contribution in [0.4, 0.5) is 0 Å². The number of hydrogen-bond donors (Lipinski definition) is 3. The van der Waals surface area contributed by atoms with E-state index >= 15 is 0 Å². The van der Waals surface area contributed by atoms with Gasteiger partial charge in [0, 0.05) is 25.7 Å². The molecule has 0 bridgehead atoms. The average Bonchev–Trinajstić information content (AvgIpc) is 0.911. The Hall–Kier alpha value is -1.94. The fourth-order valence-corrected chi connectivity index (χ4v) is 14.8. The van der Waals surface area contributed by atoms with Crippen LogP contribution in [0.25, 0.3) is 0 Å². The van der Waals surface area contributed by atoms with Crippen LogP contribution in [0.5, 0.6) is 0 Å². The molecule has 3 N–H and O–H groups in total. The maximum Gasteiger partial charge on any atom is 0.472 e. The zero-order valence-electron chi connectivity index (χ0n) is 69.4. The highest BCUT2D eigenvalue weighted by molar-refractivity contribution is 7.47. The van der Waals surface area contributed by atoms with Gasteiger partial charge >= 0.3 is 39.5 Å². The summed E-state index contributed by atoms with van der Waals surface area (Å²) in [5.41, 5.74) is 0. The van der Waals surface area contributed by atoms with Crippen molar-refractivity contribution >= 4 is 39.5 Å². The number of rotatable bonds is 83. The number of carbonyl (C=O) groups excluding carboxylic acids is 4. The second-order valence-electron chi connectivity index (χ2n) is 32.4. The minimum atomic E-state index is -4.97. The Balaban J connectivity index is 5.20. The molecular formula is C86H168O17P2. The molecule has 0 fully saturated rings. The van der Waals surface area contributed by atoms with Gasteiger partial charge in [-0.25, -0.2) is 9.13 Å². The summed E-state index contributed by atoms with van der Waals surface area (Å²) in [6.45, 7) is 14.3. The summed E-state index contributed by atoms with van der Waals surface area (Å²) in [5, 5.41) is 10.7. The first-order valence-electron chi connectivity index (χ1n) is 44.3. The van der Waals surface area contributed by atoms with Crippen LogP contribution in [0.1, 0.15) is 447 Å². The minimum absolute atomic E-state index is 0.104. The highest BCUT2D eigenvalue weighted by Crippen LogP contribution is 2.45. The van der Waals surface area contributed by atoms with Crippen molar-refractivity contribution in [2.75, 3.05) is 39.6 Å². The molecule has 17 nitrogen and oxygen atoms in total. The number of hydrogen-bond acceptors (Lipinski definition) is 15. The topological polar surface area (TPSA) is 237 Å². The van der Waals surface area contributed by atoms with Crippen molar-refractivity contribution in [1.29, 1.82) is 0 Å². The molecule has 0 aromatic rings. The quantitative estimate of drug-likeness (QED) is 0.0222. The van der Waals surface area contributed by atoms with Gasteiger partial charge in [-0.3, -0.25) is 37.3 Å². The predicted octanol–water partition coefficient (Wildman–Crippen LogP) is 25.9. The highest BCUT2D eigenvalue weighted by Gasteiger charge is 2.31. The first-order valence-corrected chi connectivity index (χ1v) is 47.3. The van der Waals surface area contributed by atoms with Gasteiger partial charge in [-0.05, 0) is 49.4 Å². The molecule has 0 saturated carbocycles. The number of aliphatic hydroxyl groups excluding tert-OH is 1. The van der Waals surface area contributed by atoms with Crippen LogP contribution < -0.4 is 0 Å². The summed E-state index contributed by atoms with van der Waals surface area (Å²) in [4.78, 5) is 73.1. The molecular weight excluding hydrogens is 1370 g/mol. The molecule has 0 saturated heterocycles. The van der Waals surface area contributed by atoms with Crippen molar-refractivity contribution in [3.05, 3.63) is 0 Å². The fraction of sp³-hybridized carbons (Fsp3) is 0.953. The summed E-state index contributed by atoms with van der Waals surface area (Å²) in [5.74, 6) is 1.06. The lowest BCUT2D eigenvalue weighted by molar-refractivity contribution is -0.161. The number of aliphatic hydroxyl groups is 1. The number of phosphoric ester groups is 2. The van der Waals surface area contributed by atoms with Crippen LogP contribution in [0.2, 0.25) is 0 Å². The Morgan fingerprint density at radius 1 is 0.267 bits per heavy atom. The molecule has 105 heavy (non-hydrogen) atoms. The average molecular weight is 1540 g/mol. The van der Waals surface area contributed by atoms with Crippen LogP contribution in [0, 0.1) is 23.7 Å². The van der Waals surface area contributed by atoms with E-state index in [0.29, 0.717) is 31.6 Å². The molecule has 0 amide bonds. The van der Waals surface area contributed by atoms with Crippen molar-refractivity contribution in [2.24, 2.45) is 23.7 Å². The number of unbranched alkanes of at least 4 members (excludes halogenated alkanes) is 47. The molecule has 624 valence electrons. The lowest BCUT2D eigenvalue weighted by Crippen LogP contribution is -2.30. The first-order chi connectivity index (χ1) is 50.7. The monoisotopic (exact) mass is 1540 g/mol. The standard InChI is InChI=1S/C86H168O17P2/c1-9-78(7)64-56-48-40-32-28-24-20-16-12-14-17-21-25-29-33-42-50-58-66-83(88)96-72-81(102-85(90)68-60-52-43-34-30-26-22-18-13-11-15-19-23-27-31-38-46-54-62-76(3)4)74-100-104(92,93)98-70-80(87)71-99-105(94,95)101-75-82(73-97-84(89)67-59-51-45-37-39-47-55-63-77(5)6)103-86(91)69-61-53-44-36-35-41-49-57-65-79(8)10-2/h76-82,87H,9-75H2,1-8H3,(H,92,93)(H,94,95)/t78?,79?,80?,81-,82-/m1/s1. The zero-order valence-corrected chi connectivity index (χ0v) is 71.2. The Morgan fingerprint density at radius 2 is 0.457 bits per heavy atom. The van der Waals surface area contributed by atoms with E-state index in [0.717, 1.165) is 114 Å². The third-order valence-corrected chi connectivity index (χ3v) is 22.7. The fourth-order valence-electron chi connectivity index (χ4n) is 13.3. The van der Waals surface area contributed by atoms with E-state index in [-0.39, 0.29) is 25.7 Å². The Bertz CT molecular complexity index is 2050. The van der Waals surface area contributed by atoms with E-state index in [2.05, 4.69) is 55.4 Å². The molecule has 19 heteroatoms. The van der Waals surface area contributed by atoms with Crippen molar-refractivity contribution < 1.29 is 80.2 Å². The summed E-state index contributed by atoms with van der Waals surface area (Å²) in [7, 11) is -9.93.